The van der Waals surface area contributed by atoms with Crippen LogP contribution in [0.5, 0.6) is 0 Å². The van der Waals surface area contributed by atoms with Crippen molar-refractivity contribution in [3.8, 4) is 33.4 Å². The Morgan fingerprint density at radius 2 is 0.643 bits per heavy atom. The minimum absolute atomic E-state index is 0.919. The first-order valence-corrected chi connectivity index (χ1v) is 21.9. The van der Waals surface area contributed by atoms with Gasteiger partial charge >= 0.3 is 0 Å². The Hall–Kier alpha value is -5.08. The van der Waals surface area contributed by atoms with Crippen LogP contribution >= 0.6 is 0 Å². The second-order valence-corrected chi connectivity index (χ2v) is 11.9. The third-order valence-electron chi connectivity index (χ3n) is 9.56. The fraction of sp³-hybridized carbons (Fsp3) is 0.333. The summed E-state index contributed by atoms with van der Waals surface area (Å²) in [6.45, 7) is 30.3. The molecule has 0 bridgehead atoms. The lowest BCUT2D eigenvalue weighted by Gasteiger charge is -2.27. The molecule has 0 N–H and O–H groups in total. The van der Waals surface area contributed by atoms with Gasteiger partial charge in [-0.05, 0) is 106 Å². The molecule has 0 saturated heterocycles. The van der Waals surface area contributed by atoms with Crippen molar-refractivity contribution in [2.45, 2.75) is 110 Å². The van der Waals surface area contributed by atoms with E-state index in [9.17, 15) is 0 Å². The molecule has 0 amide bonds. The second kappa shape index (κ2) is 25.2. The average Bonchev–Trinajstić information content (AvgIpc) is 3.89. The van der Waals surface area contributed by atoms with Gasteiger partial charge in [0.1, 0.15) is 0 Å². The van der Waals surface area contributed by atoms with Crippen LogP contribution in [0.2, 0.25) is 0 Å². The van der Waals surface area contributed by atoms with Crippen molar-refractivity contribution in [3.63, 3.8) is 0 Å². The van der Waals surface area contributed by atoms with Crippen molar-refractivity contribution in [3.05, 3.63) is 156 Å². The molecular formula is C54H72N2. The van der Waals surface area contributed by atoms with E-state index in [1.54, 1.807) is 0 Å². The van der Waals surface area contributed by atoms with Crippen LogP contribution in [0.1, 0.15) is 119 Å². The van der Waals surface area contributed by atoms with E-state index in [-0.39, 0.29) is 0 Å². The largest absolute Gasteiger partial charge is 0.342 e. The summed E-state index contributed by atoms with van der Waals surface area (Å²) in [7, 11) is 0. The van der Waals surface area contributed by atoms with Crippen molar-refractivity contribution in [2.24, 2.45) is 0 Å². The van der Waals surface area contributed by atoms with Gasteiger partial charge in [0, 0.05) is 48.7 Å². The topological polar surface area (TPSA) is 6.48 Å². The highest BCUT2D eigenvalue weighted by Crippen LogP contribution is 2.44. The summed E-state index contributed by atoms with van der Waals surface area (Å²) in [6.07, 6.45) is 1.99. The number of hydrogen-bond acceptors (Lipinski definition) is 2. The maximum absolute atomic E-state index is 2.45. The van der Waals surface area contributed by atoms with E-state index in [0.717, 1.165) is 25.9 Å². The molecule has 0 radical (unpaired) electrons. The summed E-state index contributed by atoms with van der Waals surface area (Å²) in [5.41, 5.74) is 18.8. The maximum atomic E-state index is 2.45. The number of hydrogen-bond donors (Lipinski definition) is 0. The molecule has 0 unspecified atom stereocenters. The van der Waals surface area contributed by atoms with Gasteiger partial charge in [-0.3, -0.25) is 0 Å². The molecular weight excluding hydrogens is 677 g/mol. The smallest absolute Gasteiger partial charge is 0.0452 e. The number of rotatable bonds is 7. The molecule has 0 spiro atoms. The molecule has 0 fully saturated rings. The van der Waals surface area contributed by atoms with Gasteiger partial charge in [-0.1, -0.05) is 180 Å². The van der Waals surface area contributed by atoms with Gasteiger partial charge in [0.15, 0.2) is 0 Å². The van der Waals surface area contributed by atoms with Gasteiger partial charge in [-0.2, -0.15) is 0 Å². The predicted molar refractivity (Wildman–Crippen MR) is 255 cm³/mol. The number of anilines is 4. The minimum atomic E-state index is 0.919. The van der Waals surface area contributed by atoms with Crippen LogP contribution in [-0.4, -0.2) is 13.1 Å². The van der Waals surface area contributed by atoms with E-state index in [0.29, 0.717) is 0 Å². The fourth-order valence-corrected chi connectivity index (χ4v) is 7.44. The molecule has 0 aliphatic heterocycles. The average molecular weight is 749 g/mol. The predicted octanol–water partition coefficient (Wildman–Crippen LogP) is 17.0. The molecule has 6 aromatic rings. The van der Waals surface area contributed by atoms with Gasteiger partial charge < -0.3 is 9.80 Å². The molecule has 2 aliphatic rings. The molecule has 298 valence electrons. The van der Waals surface area contributed by atoms with Crippen LogP contribution in [-0.2, 0) is 12.8 Å². The van der Waals surface area contributed by atoms with Crippen LogP contribution in [0.15, 0.2) is 133 Å². The molecule has 8 rings (SSSR count). The number of fused-ring (bicyclic) bond motifs is 6. The van der Waals surface area contributed by atoms with E-state index < -0.39 is 0 Å². The zero-order chi connectivity index (χ0) is 41.6. The lowest BCUT2D eigenvalue weighted by atomic mass is 10.0. The Balaban J connectivity index is 0.000000829. The second-order valence-electron chi connectivity index (χ2n) is 11.9. The highest BCUT2D eigenvalue weighted by Gasteiger charge is 2.24. The number of benzene rings is 6. The van der Waals surface area contributed by atoms with Crippen LogP contribution in [0, 0.1) is 0 Å². The van der Waals surface area contributed by atoms with Crippen molar-refractivity contribution in [1.82, 2.24) is 0 Å². The Kier molecular flexibility index (Phi) is 21.1. The third-order valence-corrected chi connectivity index (χ3v) is 9.56. The minimum Gasteiger partial charge on any atom is -0.342 e. The normalized spacial score (nSPS) is 10.3. The first-order chi connectivity index (χ1) is 27.7. The van der Waals surface area contributed by atoms with E-state index in [1.807, 2.05) is 83.1 Å². The van der Waals surface area contributed by atoms with E-state index >= 15 is 0 Å². The molecule has 0 atom stereocenters. The van der Waals surface area contributed by atoms with Crippen LogP contribution < -0.4 is 9.80 Å². The first-order valence-electron chi connectivity index (χ1n) is 21.9. The molecule has 2 heteroatoms. The Morgan fingerprint density at radius 3 is 0.964 bits per heavy atom. The molecule has 2 nitrogen and oxygen atoms in total. The quantitative estimate of drug-likeness (QED) is 0.160. The SMILES string of the molecule is CC.CC.CC.CC.CC.CC.CCN(c1ccc(-c2ccc(N(CC)c3cccc4c3Cc3ccccc3-4)cc2)cc1)c1cccc2c1Cc1ccccc1-2. The lowest BCUT2D eigenvalue weighted by Crippen LogP contribution is -2.17. The zero-order valence-corrected chi connectivity index (χ0v) is 37.4. The van der Waals surface area contributed by atoms with Crippen molar-refractivity contribution < 1.29 is 0 Å². The van der Waals surface area contributed by atoms with Gasteiger partial charge in [-0.25, -0.2) is 0 Å². The summed E-state index contributed by atoms with van der Waals surface area (Å²) in [4.78, 5) is 4.90. The lowest BCUT2D eigenvalue weighted by molar-refractivity contribution is 1.01. The Labute approximate surface area is 343 Å². The van der Waals surface area contributed by atoms with Gasteiger partial charge in [0.05, 0.1) is 0 Å². The molecule has 0 aromatic heterocycles. The monoisotopic (exact) mass is 749 g/mol. The van der Waals surface area contributed by atoms with Gasteiger partial charge in [-0.15, -0.1) is 0 Å². The van der Waals surface area contributed by atoms with Crippen molar-refractivity contribution in [2.75, 3.05) is 22.9 Å². The van der Waals surface area contributed by atoms with Crippen LogP contribution in [0.25, 0.3) is 33.4 Å². The number of nitrogens with zero attached hydrogens (tertiary/aromatic N) is 2. The summed E-state index contributed by atoms with van der Waals surface area (Å²) >= 11 is 0. The highest BCUT2D eigenvalue weighted by molar-refractivity contribution is 5.86. The molecule has 56 heavy (non-hydrogen) atoms. The van der Waals surface area contributed by atoms with Crippen LogP contribution in [0.4, 0.5) is 22.7 Å². The van der Waals surface area contributed by atoms with E-state index in [2.05, 4.69) is 157 Å². The Morgan fingerprint density at radius 1 is 0.339 bits per heavy atom. The summed E-state index contributed by atoms with van der Waals surface area (Å²) in [5.74, 6) is 0. The summed E-state index contributed by atoms with van der Waals surface area (Å²) in [5, 5.41) is 0. The van der Waals surface area contributed by atoms with Crippen molar-refractivity contribution >= 4 is 22.7 Å². The van der Waals surface area contributed by atoms with Gasteiger partial charge in [0.2, 0.25) is 0 Å². The Bertz CT molecular complexity index is 1840. The first kappa shape index (κ1) is 47.1. The summed E-state index contributed by atoms with van der Waals surface area (Å²) < 4.78 is 0. The maximum Gasteiger partial charge on any atom is 0.0452 e. The third kappa shape index (κ3) is 10.2. The standard InChI is InChI=1S/C42H36N2.6C2H6/c1-3-43(41-17-9-15-37-35-13-7-5-11-31(35)27-39(37)41)33-23-19-29(20-24-33)30-21-25-34(26-22-30)44(4-2)42-18-10-16-38-36-14-8-6-12-32(36)28-40(38)42;6*1-2/h5-26H,3-4,27-28H2,1-2H3;6*1-2H3. The molecule has 0 heterocycles. The van der Waals surface area contributed by atoms with Crippen molar-refractivity contribution in [1.29, 1.82) is 0 Å². The highest BCUT2D eigenvalue weighted by atomic mass is 15.1. The molecule has 2 aliphatic carbocycles. The zero-order valence-electron chi connectivity index (χ0n) is 37.4. The van der Waals surface area contributed by atoms with E-state index in [1.165, 1.54) is 78.4 Å². The van der Waals surface area contributed by atoms with E-state index in [4.69, 9.17) is 0 Å². The van der Waals surface area contributed by atoms with Gasteiger partial charge in [0.25, 0.3) is 0 Å². The summed E-state index contributed by atoms with van der Waals surface area (Å²) in [6, 6.07) is 49.3. The molecule has 0 saturated carbocycles. The molecule has 6 aromatic carbocycles. The van der Waals surface area contributed by atoms with Crippen LogP contribution in [0.3, 0.4) is 0 Å². The fourth-order valence-electron chi connectivity index (χ4n) is 7.44.